The number of nitrogens with two attached hydrogens (primary N) is 1. The molecule has 1 aromatic heterocycles. The number of benzene rings is 1. The average molecular weight is 247 g/mol. The first-order chi connectivity index (χ1) is 8.45. The molecule has 0 bridgehead atoms. The van der Waals surface area contributed by atoms with Crippen LogP contribution in [0.3, 0.4) is 0 Å². The van der Waals surface area contributed by atoms with Crippen molar-refractivity contribution in [1.82, 2.24) is 9.78 Å². The van der Waals surface area contributed by atoms with Gasteiger partial charge in [-0.2, -0.15) is 5.10 Å². The second-order valence-electron chi connectivity index (χ2n) is 4.75. The van der Waals surface area contributed by atoms with E-state index < -0.39 is 5.54 Å². The fourth-order valence-electron chi connectivity index (χ4n) is 1.89. The Morgan fingerprint density at radius 3 is 2.67 bits per heavy atom. The van der Waals surface area contributed by atoms with Gasteiger partial charge < -0.3 is 5.73 Å². The second-order valence-corrected chi connectivity index (χ2v) is 4.75. The van der Waals surface area contributed by atoms with Crippen molar-refractivity contribution in [2.75, 3.05) is 0 Å². The summed E-state index contributed by atoms with van der Waals surface area (Å²) in [5.41, 5.74) is 7.85. The Labute approximate surface area is 106 Å². The summed E-state index contributed by atoms with van der Waals surface area (Å²) in [7, 11) is 0. The fraction of sp³-hybridized carbons (Fsp3) is 0.357. The lowest BCUT2D eigenvalue weighted by atomic mass is 9.87. The molecule has 0 fully saturated rings. The molecule has 0 saturated heterocycles. The van der Waals surface area contributed by atoms with Crippen molar-refractivity contribution in [3.05, 3.63) is 53.1 Å². The molecule has 96 valence electrons. The van der Waals surface area contributed by atoms with E-state index in [1.165, 1.54) is 6.07 Å². The molecule has 2 aromatic rings. The van der Waals surface area contributed by atoms with Crippen molar-refractivity contribution in [2.24, 2.45) is 5.73 Å². The van der Waals surface area contributed by atoms with Crippen LogP contribution in [0.4, 0.5) is 4.39 Å². The molecule has 0 aliphatic carbocycles. The molecule has 2 rings (SSSR count). The van der Waals surface area contributed by atoms with E-state index >= 15 is 0 Å². The van der Waals surface area contributed by atoms with E-state index in [-0.39, 0.29) is 5.82 Å². The molecule has 2 N–H and O–H groups in total. The highest BCUT2D eigenvalue weighted by Crippen LogP contribution is 2.27. The molecule has 3 nitrogen and oxygen atoms in total. The van der Waals surface area contributed by atoms with E-state index in [1.807, 2.05) is 30.8 Å². The number of hydrogen-bond acceptors (Lipinski definition) is 2. The molecule has 1 aromatic carbocycles. The van der Waals surface area contributed by atoms with Crippen LogP contribution in [0.5, 0.6) is 0 Å². The second kappa shape index (κ2) is 4.53. The third-order valence-corrected chi connectivity index (χ3v) is 3.33. The van der Waals surface area contributed by atoms with Gasteiger partial charge in [-0.15, -0.1) is 0 Å². The quantitative estimate of drug-likeness (QED) is 0.906. The molecular weight excluding hydrogens is 229 g/mol. The Hall–Kier alpha value is -1.68. The predicted octanol–water partition coefficient (Wildman–Crippen LogP) is 2.57. The van der Waals surface area contributed by atoms with Crippen molar-refractivity contribution in [1.29, 1.82) is 0 Å². The maximum Gasteiger partial charge on any atom is 0.126 e. The average Bonchev–Trinajstić information content (AvgIpc) is 2.81. The van der Waals surface area contributed by atoms with Gasteiger partial charge in [-0.25, -0.2) is 4.39 Å². The van der Waals surface area contributed by atoms with Gasteiger partial charge in [-0.05, 0) is 38.0 Å². The van der Waals surface area contributed by atoms with Crippen LogP contribution in [0, 0.1) is 12.7 Å². The van der Waals surface area contributed by atoms with Crippen molar-refractivity contribution in [3.8, 4) is 0 Å². The summed E-state index contributed by atoms with van der Waals surface area (Å²) in [5, 5.41) is 4.21. The number of nitrogens with zero attached hydrogens (tertiary/aromatic N) is 2. The Bertz CT molecular complexity index is 558. The minimum Gasteiger partial charge on any atom is -0.318 e. The number of aromatic nitrogens is 2. The molecule has 0 spiro atoms. The van der Waals surface area contributed by atoms with E-state index in [2.05, 4.69) is 5.10 Å². The zero-order valence-corrected chi connectivity index (χ0v) is 10.9. The van der Waals surface area contributed by atoms with Crippen molar-refractivity contribution < 1.29 is 4.39 Å². The molecular formula is C14H18FN3. The van der Waals surface area contributed by atoms with E-state index in [1.54, 1.807) is 19.2 Å². The predicted molar refractivity (Wildman–Crippen MR) is 69.7 cm³/mol. The largest absolute Gasteiger partial charge is 0.318 e. The minimum atomic E-state index is -0.734. The highest BCUT2D eigenvalue weighted by molar-refractivity contribution is 5.36. The van der Waals surface area contributed by atoms with E-state index in [4.69, 9.17) is 5.73 Å². The van der Waals surface area contributed by atoms with Gasteiger partial charge in [0.1, 0.15) is 5.82 Å². The van der Waals surface area contributed by atoms with Crippen LogP contribution in [0.15, 0.2) is 30.6 Å². The molecule has 0 aliphatic heterocycles. The first-order valence-corrected chi connectivity index (χ1v) is 6.03. The van der Waals surface area contributed by atoms with Crippen LogP contribution in [-0.2, 0) is 12.1 Å². The number of aryl methyl sites for hydroxylation is 2. The molecule has 0 amide bonds. The highest BCUT2D eigenvalue weighted by atomic mass is 19.1. The summed E-state index contributed by atoms with van der Waals surface area (Å²) in [6, 6.07) is 5.11. The Kier molecular flexibility index (Phi) is 3.22. The monoisotopic (exact) mass is 247 g/mol. The summed E-state index contributed by atoms with van der Waals surface area (Å²) in [4.78, 5) is 0. The van der Waals surface area contributed by atoms with Crippen LogP contribution in [-0.4, -0.2) is 9.78 Å². The van der Waals surface area contributed by atoms with Crippen LogP contribution in [0.1, 0.15) is 30.5 Å². The maximum absolute atomic E-state index is 13.6. The van der Waals surface area contributed by atoms with Crippen LogP contribution in [0.25, 0.3) is 0 Å². The maximum atomic E-state index is 13.6. The number of halogens is 1. The van der Waals surface area contributed by atoms with Gasteiger partial charge in [0.2, 0.25) is 0 Å². The minimum absolute atomic E-state index is 0.230. The molecule has 18 heavy (non-hydrogen) atoms. The smallest absolute Gasteiger partial charge is 0.126 e. The summed E-state index contributed by atoms with van der Waals surface area (Å²) < 4.78 is 15.4. The molecule has 0 radical (unpaired) electrons. The number of hydrogen-bond donors (Lipinski definition) is 1. The van der Waals surface area contributed by atoms with Crippen molar-refractivity contribution in [3.63, 3.8) is 0 Å². The Morgan fingerprint density at radius 1 is 1.39 bits per heavy atom. The third-order valence-electron chi connectivity index (χ3n) is 3.33. The first kappa shape index (κ1) is 12.8. The molecule has 4 heteroatoms. The summed E-state index contributed by atoms with van der Waals surface area (Å²) in [6.45, 7) is 6.41. The topological polar surface area (TPSA) is 43.8 Å². The zero-order chi connectivity index (χ0) is 13.3. The summed E-state index contributed by atoms with van der Waals surface area (Å²) in [5.74, 6) is -0.230. The Morgan fingerprint density at radius 2 is 2.11 bits per heavy atom. The lowest BCUT2D eigenvalue weighted by Gasteiger charge is -2.24. The lowest BCUT2D eigenvalue weighted by molar-refractivity contribution is 0.576. The molecule has 1 atom stereocenters. The van der Waals surface area contributed by atoms with Gasteiger partial charge in [0.25, 0.3) is 0 Å². The van der Waals surface area contributed by atoms with Crippen LogP contribution in [0.2, 0.25) is 0 Å². The molecule has 1 unspecified atom stereocenters. The third kappa shape index (κ3) is 2.16. The van der Waals surface area contributed by atoms with E-state index in [9.17, 15) is 4.39 Å². The van der Waals surface area contributed by atoms with E-state index in [0.717, 1.165) is 17.7 Å². The van der Waals surface area contributed by atoms with Gasteiger partial charge in [0, 0.05) is 18.3 Å². The zero-order valence-electron chi connectivity index (χ0n) is 10.9. The molecule has 0 aliphatic rings. The van der Waals surface area contributed by atoms with Crippen LogP contribution >= 0.6 is 0 Å². The van der Waals surface area contributed by atoms with Gasteiger partial charge in [-0.1, -0.05) is 12.1 Å². The Balaban J connectivity index is 2.43. The van der Waals surface area contributed by atoms with Crippen molar-refractivity contribution >= 4 is 0 Å². The standard InChI is InChI=1S/C14H18FN3/c1-4-18-9-12(8-17-18)14(3,16)11-6-5-10(2)13(15)7-11/h5-9H,4,16H2,1-3H3. The summed E-state index contributed by atoms with van der Waals surface area (Å²) >= 11 is 0. The van der Waals surface area contributed by atoms with Gasteiger partial charge in [-0.3, -0.25) is 4.68 Å². The first-order valence-electron chi connectivity index (χ1n) is 6.03. The lowest BCUT2D eigenvalue weighted by Crippen LogP contribution is -2.34. The van der Waals surface area contributed by atoms with E-state index in [0.29, 0.717) is 5.56 Å². The normalized spacial score (nSPS) is 14.5. The number of rotatable bonds is 3. The van der Waals surface area contributed by atoms with Gasteiger partial charge >= 0.3 is 0 Å². The SMILES string of the molecule is CCn1cc(C(C)(N)c2ccc(C)c(F)c2)cn1. The summed E-state index contributed by atoms with van der Waals surface area (Å²) in [6.07, 6.45) is 3.64. The van der Waals surface area contributed by atoms with Gasteiger partial charge in [0.05, 0.1) is 11.7 Å². The fourth-order valence-corrected chi connectivity index (χ4v) is 1.89. The van der Waals surface area contributed by atoms with Crippen LogP contribution < -0.4 is 5.73 Å². The molecule has 1 heterocycles. The van der Waals surface area contributed by atoms with Gasteiger partial charge in [0.15, 0.2) is 0 Å². The van der Waals surface area contributed by atoms with Crippen molar-refractivity contribution in [2.45, 2.75) is 32.9 Å². The highest BCUT2D eigenvalue weighted by Gasteiger charge is 2.26. The molecule has 0 saturated carbocycles.